The van der Waals surface area contributed by atoms with Gasteiger partial charge in [-0.2, -0.15) is 0 Å². The molecule has 0 aromatic rings. The molecule has 0 aromatic carbocycles. The number of allylic oxidation sites excluding steroid dienone is 2. The van der Waals surface area contributed by atoms with Crippen LogP contribution in [0, 0.1) is 29.1 Å². The second kappa shape index (κ2) is 4.98. The summed E-state index contributed by atoms with van der Waals surface area (Å²) in [6.45, 7) is 6.59. The van der Waals surface area contributed by atoms with Crippen LogP contribution in [0.15, 0.2) is 11.6 Å². The molecule has 20 heavy (non-hydrogen) atoms. The number of ketones is 1. The fourth-order valence-electron chi connectivity index (χ4n) is 5.28. The van der Waals surface area contributed by atoms with Crippen LogP contribution in [-0.4, -0.2) is 17.0 Å². The van der Waals surface area contributed by atoms with Crippen molar-refractivity contribution in [1.29, 1.82) is 0 Å². The molecule has 0 heterocycles. The fraction of sp³-hybridized carbons (Fsp3) is 0.833. The minimum absolute atomic E-state index is 0.0763. The molecule has 2 nitrogen and oxygen atoms in total. The number of fused-ring (bicyclic) bond motifs is 3. The molecule has 0 bridgehead atoms. The Balaban J connectivity index is 1.84. The lowest BCUT2D eigenvalue weighted by Gasteiger charge is -2.54. The van der Waals surface area contributed by atoms with E-state index in [0.717, 1.165) is 37.5 Å². The van der Waals surface area contributed by atoms with Gasteiger partial charge in [0.05, 0.1) is 6.10 Å². The Morgan fingerprint density at radius 3 is 2.70 bits per heavy atom. The van der Waals surface area contributed by atoms with Crippen LogP contribution in [-0.2, 0) is 4.79 Å². The van der Waals surface area contributed by atoms with Gasteiger partial charge in [0.1, 0.15) is 0 Å². The Morgan fingerprint density at radius 1 is 1.25 bits per heavy atom. The number of rotatable bonds is 1. The van der Waals surface area contributed by atoms with Crippen molar-refractivity contribution in [3.8, 4) is 0 Å². The summed E-state index contributed by atoms with van der Waals surface area (Å²) in [5, 5.41) is 10.2. The molecule has 0 aromatic heterocycles. The van der Waals surface area contributed by atoms with Crippen molar-refractivity contribution in [3.05, 3.63) is 11.6 Å². The standard InChI is InChI=1S/C18H28O2/c1-11-15-6-4-13-10-14(20)5-7-16(13)17(15)8-9-18(11,3)12(2)19/h10-12,15-17,19H,4-9H2,1-3H3/t11?,12?,15?,16?,17?,18-/m1/s1. The Morgan fingerprint density at radius 2 is 2.00 bits per heavy atom. The average Bonchev–Trinajstić information content (AvgIpc) is 2.42. The average molecular weight is 276 g/mol. The third-order valence-electron chi connectivity index (χ3n) is 7.01. The summed E-state index contributed by atoms with van der Waals surface area (Å²) in [5.41, 5.74) is 1.52. The van der Waals surface area contributed by atoms with Gasteiger partial charge in [0.15, 0.2) is 5.78 Å². The molecule has 2 saturated carbocycles. The van der Waals surface area contributed by atoms with E-state index in [1.165, 1.54) is 18.4 Å². The number of carbonyl (C=O) groups is 1. The normalized spacial score (nSPS) is 46.2. The Hall–Kier alpha value is -0.630. The topological polar surface area (TPSA) is 37.3 Å². The van der Waals surface area contributed by atoms with E-state index in [1.807, 2.05) is 13.0 Å². The van der Waals surface area contributed by atoms with E-state index in [9.17, 15) is 9.90 Å². The van der Waals surface area contributed by atoms with Crippen LogP contribution in [0.4, 0.5) is 0 Å². The highest BCUT2D eigenvalue weighted by atomic mass is 16.3. The lowest BCUT2D eigenvalue weighted by Crippen LogP contribution is -2.49. The molecule has 0 radical (unpaired) electrons. The van der Waals surface area contributed by atoms with E-state index in [-0.39, 0.29) is 11.5 Å². The van der Waals surface area contributed by atoms with Crippen LogP contribution in [0.2, 0.25) is 0 Å². The first-order chi connectivity index (χ1) is 9.43. The highest BCUT2D eigenvalue weighted by Crippen LogP contribution is 2.57. The van der Waals surface area contributed by atoms with E-state index in [4.69, 9.17) is 0 Å². The number of aliphatic hydroxyl groups is 1. The van der Waals surface area contributed by atoms with Gasteiger partial charge < -0.3 is 5.11 Å². The minimum atomic E-state index is -0.219. The zero-order valence-electron chi connectivity index (χ0n) is 13.1. The first-order valence-corrected chi connectivity index (χ1v) is 8.35. The number of aliphatic hydroxyl groups excluding tert-OH is 1. The molecular weight excluding hydrogens is 248 g/mol. The van der Waals surface area contributed by atoms with E-state index in [1.54, 1.807) is 0 Å². The predicted octanol–water partition coefficient (Wildman–Crippen LogP) is 3.74. The molecule has 1 N–H and O–H groups in total. The maximum atomic E-state index is 11.6. The van der Waals surface area contributed by atoms with Crippen molar-refractivity contribution in [1.82, 2.24) is 0 Å². The van der Waals surface area contributed by atoms with Gasteiger partial charge in [-0.1, -0.05) is 19.4 Å². The molecular formula is C18H28O2. The summed E-state index contributed by atoms with van der Waals surface area (Å²) in [7, 11) is 0. The summed E-state index contributed by atoms with van der Waals surface area (Å²) in [5.74, 6) is 3.07. The summed E-state index contributed by atoms with van der Waals surface area (Å²) in [6, 6.07) is 0. The molecule has 0 aliphatic heterocycles. The van der Waals surface area contributed by atoms with Crippen molar-refractivity contribution in [2.45, 2.75) is 65.4 Å². The third kappa shape index (κ3) is 2.07. The first-order valence-electron chi connectivity index (χ1n) is 8.35. The second-order valence-electron chi connectivity index (χ2n) is 7.71. The Bertz CT molecular complexity index is 437. The highest BCUT2D eigenvalue weighted by Gasteiger charge is 2.50. The van der Waals surface area contributed by atoms with E-state index in [2.05, 4.69) is 13.8 Å². The summed E-state index contributed by atoms with van der Waals surface area (Å²) >= 11 is 0. The molecule has 112 valence electrons. The van der Waals surface area contributed by atoms with E-state index >= 15 is 0 Å². The van der Waals surface area contributed by atoms with Crippen LogP contribution in [0.25, 0.3) is 0 Å². The molecule has 0 amide bonds. The van der Waals surface area contributed by atoms with Crippen LogP contribution < -0.4 is 0 Å². The number of carbonyl (C=O) groups excluding carboxylic acids is 1. The largest absolute Gasteiger partial charge is 0.393 e. The maximum Gasteiger partial charge on any atom is 0.155 e. The Labute approximate surface area is 122 Å². The van der Waals surface area contributed by atoms with Gasteiger partial charge in [-0.05, 0) is 74.2 Å². The van der Waals surface area contributed by atoms with Crippen LogP contribution in [0.3, 0.4) is 0 Å². The fourth-order valence-corrected chi connectivity index (χ4v) is 5.28. The highest BCUT2D eigenvalue weighted by molar-refractivity contribution is 5.91. The van der Waals surface area contributed by atoms with Crippen LogP contribution >= 0.6 is 0 Å². The van der Waals surface area contributed by atoms with Crippen molar-refractivity contribution in [2.75, 3.05) is 0 Å². The summed E-state index contributed by atoms with van der Waals surface area (Å²) < 4.78 is 0. The Kier molecular flexibility index (Phi) is 3.56. The van der Waals surface area contributed by atoms with Crippen molar-refractivity contribution in [2.24, 2.45) is 29.1 Å². The van der Waals surface area contributed by atoms with Gasteiger partial charge in [-0.15, -0.1) is 0 Å². The molecule has 0 spiro atoms. The lowest BCUT2D eigenvalue weighted by atomic mass is 9.51. The molecule has 0 saturated heterocycles. The van der Waals surface area contributed by atoms with E-state index < -0.39 is 0 Å². The molecule has 3 aliphatic carbocycles. The van der Waals surface area contributed by atoms with E-state index in [0.29, 0.717) is 17.6 Å². The molecule has 5 unspecified atom stereocenters. The minimum Gasteiger partial charge on any atom is -0.393 e. The van der Waals surface area contributed by atoms with Crippen LogP contribution in [0.1, 0.15) is 59.3 Å². The first kappa shape index (κ1) is 14.3. The number of hydrogen-bond acceptors (Lipinski definition) is 2. The number of hydrogen-bond donors (Lipinski definition) is 1. The van der Waals surface area contributed by atoms with Gasteiger partial charge in [-0.25, -0.2) is 0 Å². The van der Waals surface area contributed by atoms with Gasteiger partial charge in [0, 0.05) is 6.42 Å². The lowest BCUT2D eigenvalue weighted by molar-refractivity contribution is -0.116. The molecule has 3 aliphatic rings. The smallest absolute Gasteiger partial charge is 0.155 e. The van der Waals surface area contributed by atoms with Crippen molar-refractivity contribution >= 4 is 5.78 Å². The van der Waals surface area contributed by atoms with Crippen LogP contribution in [0.5, 0.6) is 0 Å². The summed E-state index contributed by atoms with van der Waals surface area (Å²) in [4.78, 5) is 11.6. The van der Waals surface area contributed by atoms with Crippen molar-refractivity contribution in [3.63, 3.8) is 0 Å². The zero-order valence-corrected chi connectivity index (χ0v) is 13.1. The predicted molar refractivity (Wildman–Crippen MR) is 80.2 cm³/mol. The maximum absolute atomic E-state index is 11.6. The van der Waals surface area contributed by atoms with Gasteiger partial charge in [-0.3, -0.25) is 4.79 Å². The molecule has 2 fully saturated rings. The van der Waals surface area contributed by atoms with Gasteiger partial charge in [0.2, 0.25) is 0 Å². The zero-order chi connectivity index (χ0) is 14.5. The molecule has 2 heteroatoms. The summed E-state index contributed by atoms with van der Waals surface area (Å²) in [6.07, 6.45) is 8.24. The SMILES string of the molecule is CC(O)[C@]1(C)CCC2C3CCC(=O)C=C3CCC2C1C. The van der Waals surface area contributed by atoms with Gasteiger partial charge in [0.25, 0.3) is 0 Å². The monoisotopic (exact) mass is 276 g/mol. The van der Waals surface area contributed by atoms with Gasteiger partial charge >= 0.3 is 0 Å². The molecule has 6 atom stereocenters. The molecule has 3 rings (SSSR count). The second-order valence-corrected chi connectivity index (χ2v) is 7.71. The van der Waals surface area contributed by atoms with Crippen molar-refractivity contribution < 1.29 is 9.90 Å². The quantitative estimate of drug-likeness (QED) is 0.792. The third-order valence-corrected chi connectivity index (χ3v) is 7.01.